The van der Waals surface area contributed by atoms with Crippen molar-refractivity contribution in [1.82, 2.24) is 0 Å². The molecule has 5 heteroatoms. The summed E-state index contributed by atoms with van der Waals surface area (Å²) in [5.41, 5.74) is 9.22. The first kappa shape index (κ1) is 11.0. The van der Waals surface area contributed by atoms with E-state index in [2.05, 4.69) is 11.5 Å². The number of carbonyl (C=O) groups is 2. The second-order valence-electron chi connectivity index (χ2n) is 2.92. The van der Waals surface area contributed by atoms with Gasteiger partial charge in [0.15, 0.2) is 5.78 Å². The number of ketones is 1. The standard InChI is InChI=1S/C9H8O2.CH4N2O/c10-8-5-6-11-9-4-2-1-3-7(8)9;2-1(3)4/h1-4H,5-6H2;(H4,2,3,4). The van der Waals surface area contributed by atoms with Gasteiger partial charge in [0.25, 0.3) is 0 Å². The fraction of sp³-hybridized carbons (Fsp3) is 0.200. The Morgan fingerprint density at radius 2 is 1.87 bits per heavy atom. The van der Waals surface area contributed by atoms with Gasteiger partial charge in [0.05, 0.1) is 12.2 Å². The van der Waals surface area contributed by atoms with Gasteiger partial charge in [0.2, 0.25) is 0 Å². The molecule has 15 heavy (non-hydrogen) atoms. The summed E-state index contributed by atoms with van der Waals surface area (Å²) in [5.74, 6) is 0.913. The molecule has 0 radical (unpaired) electrons. The Kier molecular flexibility index (Phi) is 3.68. The van der Waals surface area contributed by atoms with E-state index in [9.17, 15) is 4.79 Å². The molecule has 1 heterocycles. The maximum absolute atomic E-state index is 11.2. The molecule has 0 saturated heterocycles. The van der Waals surface area contributed by atoms with E-state index < -0.39 is 6.03 Å². The number of carbonyl (C=O) groups excluding carboxylic acids is 2. The molecule has 1 aliphatic heterocycles. The van der Waals surface area contributed by atoms with E-state index in [1.165, 1.54) is 0 Å². The third kappa shape index (κ3) is 3.30. The Bertz CT molecular complexity index is 373. The summed E-state index contributed by atoms with van der Waals surface area (Å²) in [7, 11) is 0. The molecule has 2 amide bonds. The van der Waals surface area contributed by atoms with Gasteiger partial charge >= 0.3 is 6.03 Å². The number of primary amides is 2. The monoisotopic (exact) mass is 208 g/mol. The first-order valence-corrected chi connectivity index (χ1v) is 4.41. The molecule has 5 nitrogen and oxygen atoms in total. The third-order valence-electron chi connectivity index (χ3n) is 1.77. The number of nitrogens with two attached hydrogens (primary N) is 2. The van der Waals surface area contributed by atoms with Crippen molar-refractivity contribution in [1.29, 1.82) is 0 Å². The Morgan fingerprint density at radius 1 is 1.27 bits per heavy atom. The average Bonchev–Trinajstić information content (AvgIpc) is 2.18. The molecule has 1 aliphatic rings. The van der Waals surface area contributed by atoms with Gasteiger partial charge in [-0.15, -0.1) is 0 Å². The van der Waals surface area contributed by atoms with E-state index in [-0.39, 0.29) is 5.78 Å². The van der Waals surface area contributed by atoms with Crippen LogP contribution in [0.5, 0.6) is 5.75 Å². The highest BCUT2D eigenvalue weighted by atomic mass is 16.5. The molecule has 1 aromatic carbocycles. The van der Waals surface area contributed by atoms with Gasteiger partial charge in [-0.3, -0.25) is 4.79 Å². The molecule has 2 rings (SSSR count). The lowest BCUT2D eigenvalue weighted by molar-refractivity contribution is 0.0933. The molecule has 0 bridgehead atoms. The summed E-state index contributed by atoms with van der Waals surface area (Å²) in [6.07, 6.45) is 0.511. The molecular formula is C10H12N2O3. The summed E-state index contributed by atoms with van der Waals surface area (Å²) in [6.45, 7) is 0.524. The molecule has 4 N–H and O–H groups in total. The number of amides is 2. The van der Waals surface area contributed by atoms with Crippen molar-refractivity contribution < 1.29 is 14.3 Å². The zero-order valence-corrected chi connectivity index (χ0v) is 8.10. The van der Waals surface area contributed by atoms with Gasteiger partial charge in [-0.05, 0) is 12.1 Å². The van der Waals surface area contributed by atoms with E-state index in [0.29, 0.717) is 13.0 Å². The van der Waals surface area contributed by atoms with Crippen LogP contribution in [0.25, 0.3) is 0 Å². The lowest BCUT2D eigenvalue weighted by atomic mass is 10.1. The van der Waals surface area contributed by atoms with Crippen molar-refractivity contribution in [3.05, 3.63) is 29.8 Å². The first-order chi connectivity index (χ1) is 7.11. The fourth-order valence-electron chi connectivity index (χ4n) is 1.21. The predicted octanol–water partition coefficient (Wildman–Crippen LogP) is 0.676. The van der Waals surface area contributed by atoms with E-state index in [1.807, 2.05) is 18.2 Å². The number of urea groups is 1. The smallest absolute Gasteiger partial charge is 0.309 e. The van der Waals surface area contributed by atoms with Crippen LogP contribution >= 0.6 is 0 Å². The molecule has 0 atom stereocenters. The highest BCUT2D eigenvalue weighted by molar-refractivity contribution is 5.99. The minimum atomic E-state index is -0.833. The molecule has 0 aliphatic carbocycles. The SMILES string of the molecule is NC(N)=O.O=C1CCOc2ccccc21. The van der Waals surface area contributed by atoms with Crippen molar-refractivity contribution in [2.75, 3.05) is 6.61 Å². The molecular weight excluding hydrogens is 196 g/mol. The van der Waals surface area contributed by atoms with Crippen molar-refractivity contribution in [3.8, 4) is 5.75 Å². The largest absolute Gasteiger partial charge is 0.492 e. The summed E-state index contributed by atoms with van der Waals surface area (Å²) in [5, 5.41) is 0. The van der Waals surface area contributed by atoms with E-state index >= 15 is 0 Å². The number of benzene rings is 1. The highest BCUT2D eigenvalue weighted by Crippen LogP contribution is 2.23. The maximum atomic E-state index is 11.2. The molecule has 0 spiro atoms. The van der Waals surface area contributed by atoms with Crippen molar-refractivity contribution in [3.63, 3.8) is 0 Å². The minimum Gasteiger partial charge on any atom is -0.492 e. The van der Waals surface area contributed by atoms with Crippen LogP contribution in [0, 0.1) is 0 Å². The zero-order chi connectivity index (χ0) is 11.3. The fourth-order valence-corrected chi connectivity index (χ4v) is 1.21. The number of hydrogen-bond acceptors (Lipinski definition) is 3. The lowest BCUT2D eigenvalue weighted by Crippen LogP contribution is -2.18. The van der Waals surface area contributed by atoms with Crippen molar-refractivity contribution in [2.45, 2.75) is 6.42 Å². The number of fused-ring (bicyclic) bond motifs is 1. The maximum Gasteiger partial charge on any atom is 0.309 e. The number of rotatable bonds is 0. The first-order valence-electron chi connectivity index (χ1n) is 4.41. The number of hydrogen-bond donors (Lipinski definition) is 2. The molecule has 0 aromatic heterocycles. The van der Waals surface area contributed by atoms with Crippen LogP contribution in [-0.2, 0) is 0 Å². The Balaban J connectivity index is 0.000000245. The molecule has 0 unspecified atom stereocenters. The van der Waals surface area contributed by atoms with Crippen LogP contribution < -0.4 is 16.2 Å². The summed E-state index contributed by atoms with van der Waals surface area (Å²) in [4.78, 5) is 20.2. The van der Waals surface area contributed by atoms with Crippen molar-refractivity contribution >= 4 is 11.8 Å². The zero-order valence-electron chi connectivity index (χ0n) is 8.10. The minimum absolute atomic E-state index is 0.187. The summed E-state index contributed by atoms with van der Waals surface area (Å²) in [6, 6.07) is 6.52. The van der Waals surface area contributed by atoms with Crippen LogP contribution in [0.3, 0.4) is 0 Å². The molecule has 80 valence electrons. The third-order valence-corrected chi connectivity index (χ3v) is 1.77. The van der Waals surface area contributed by atoms with Gasteiger partial charge in [-0.25, -0.2) is 4.79 Å². The summed E-state index contributed by atoms with van der Waals surface area (Å²) < 4.78 is 5.27. The number of ether oxygens (including phenoxy) is 1. The normalized spacial score (nSPS) is 12.9. The molecule has 0 fully saturated rings. The lowest BCUT2D eigenvalue weighted by Gasteiger charge is -2.14. The van der Waals surface area contributed by atoms with Crippen LogP contribution in [0.4, 0.5) is 4.79 Å². The van der Waals surface area contributed by atoms with Gasteiger partial charge in [0, 0.05) is 6.42 Å². The Morgan fingerprint density at radius 3 is 2.47 bits per heavy atom. The molecule has 1 aromatic rings. The highest BCUT2D eigenvalue weighted by Gasteiger charge is 2.16. The average molecular weight is 208 g/mol. The second-order valence-corrected chi connectivity index (χ2v) is 2.92. The van der Waals surface area contributed by atoms with Crippen molar-refractivity contribution in [2.24, 2.45) is 11.5 Å². The number of Topliss-reactive ketones (excluding diaryl/α,β-unsaturated/α-hetero) is 1. The Hall–Kier alpha value is -2.04. The van der Waals surface area contributed by atoms with E-state index in [1.54, 1.807) is 6.07 Å². The van der Waals surface area contributed by atoms with Gasteiger partial charge < -0.3 is 16.2 Å². The van der Waals surface area contributed by atoms with Gasteiger partial charge in [-0.2, -0.15) is 0 Å². The summed E-state index contributed by atoms with van der Waals surface area (Å²) >= 11 is 0. The van der Waals surface area contributed by atoms with Gasteiger partial charge in [-0.1, -0.05) is 12.1 Å². The van der Waals surface area contributed by atoms with Crippen LogP contribution in [0.1, 0.15) is 16.8 Å². The van der Waals surface area contributed by atoms with E-state index in [4.69, 9.17) is 9.53 Å². The predicted molar refractivity (Wildman–Crippen MR) is 54.7 cm³/mol. The van der Waals surface area contributed by atoms with Crippen LogP contribution in [0.15, 0.2) is 24.3 Å². The quantitative estimate of drug-likeness (QED) is 0.656. The topological polar surface area (TPSA) is 95.4 Å². The second kappa shape index (κ2) is 4.99. The molecule has 0 saturated carbocycles. The Labute approximate surface area is 87.0 Å². The van der Waals surface area contributed by atoms with Crippen LogP contribution in [0.2, 0.25) is 0 Å². The number of para-hydroxylation sites is 1. The van der Waals surface area contributed by atoms with Crippen LogP contribution in [-0.4, -0.2) is 18.4 Å². The van der Waals surface area contributed by atoms with E-state index in [0.717, 1.165) is 11.3 Å². The van der Waals surface area contributed by atoms with Gasteiger partial charge in [0.1, 0.15) is 5.75 Å².